The molecule has 0 spiro atoms. The van der Waals surface area contributed by atoms with Crippen molar-refractivity contribution in [1.29, 1.82) is 5.26 Å². The first-order valence-corrected chi connectivity index (χ1v) is 11.6. The van der Waals surface area contributed by atoms with Gasteiger partial charge >= 0.3 is 12.4 Å². The zero-order valence-electron chi connectivity index (χ0n) is 20.4. The van der Waals surface area contributed by atoms with Crippen LogP contribution >= 0.6 is 0 Å². The van der Waals surface area contributed by atoms with Crippen LogP contribution in [0.2, 0.25) is 0 Å². The van der Waals surface area contributed by atoms with Gasteiger partial charge in [0.2, 0.25) is 5.91 Å². The molecular formula is C26H26F7N3O2. The highest BCUT2D eigenvalue weighted by Crippen LogP contribution is 2.37. The third-order valence-electron chi connectivity index (χ3n) is 6.14. The minimum Gasteiger partial charge on any atom is -0.379 e. The lowest BCUT2D eigenvalue weighted by Crippen LogP contribution is -2.53. The molecule has 3 atom stereocenters. The Labute approximate surface area is 214 Å². The third-order valence-corrected chi connectivity index (χ3v) is 6.14. The topological polar surface area (TPSA) is 85.2 Å². The summed E-state index contributed by atoms with van der Waals surface area (Å²) in [4.78, 5) is 12.8. The SMILES string of the molecule is CC(C)(F)C[C@H](N[C@@H](c1ccc(-c2ccc([C@@H](O)C(F)(F)F)cc2)cc1)C(F)(F)F)C(=O)NC1(C#N)CC1. The number of hydrogen-bond donors (Lipinski definition) is 3. The quantitative estimate of drug-likeness (QED) is 0.347. The van der Waals surface area contributed by atoms with Crippen molar-refractivity contribution in [2.45, 2.75) is 74.9 Å². The van der Waals surface area contributed by atoms with Crippen LogP contribution in [0.1, 0.15) is 56.4 Å². The summed E-state index contributed by atoms with van der Waals surface area (Å²) in [6.07, 6.45) is -12.3. The van der Waals surface area contributed by atoms with Gasteiger partial charge in [0.05, 0.1) is 12.1 Å². The van der Waals surface area contributed by atoms with Crippen molar-refractivity contribution in [3.05, 3.63) is 59.7 Å². The molecule has 1 amide bonds. The number of aliphatic hydroxyl groups is 1. The monoisotopic (exact) mass is 545 g/mol. The molecule has 0 bridgehead atoms. The first-order chi connectivity index (χ1) is 17.4. The Balaban J connectivity index is 1.84. The van der Waals surface area contributed by atoms with E-state index in [1.54, 1.807) is 0 Å². The summed E-state index contributed by atoms with van der Waals surface area (Å²) >= 11 is 0. The lowest BCUT2D eigenvalue weighted by Gasteiger charge is -2.30. The number of amides is 1. The van der Waals surface area contributed by atoms with E-state index in [4.69, 9.17) is 0 Å². The predicted molar refractivity (Wildman–Crippen MR) is 124 cm³/mol. The second kappa shape index (κ2) is 10.5. The van der Waals surface area contributed by atoms with Crippen molar-refractivity contribution in [1.82, 2.24) is 10.6 Å². The molecular weight excluding hydrogens is 519 g/mol. The predicted octanol–water partition coefficient (Wildman–Crippen LogP) is 5.82. The van der Waals surface area contributed by atoms with Crippen molar-refractivity contribution in [2.75, 3.05) is 0 Å². The van der Waals surface area contributed by atoms with Gasteiger partial charge in [-0.25, -0.2) is 4.39 Å². The second-order valence-corrected chi connectivity index (χ2v) is 9.99. The normalized spacial score (nSPS) is 17.7. The summed E-state index contributed by atoms with van der Waals surface area (Å²) in [5.41, 5.74) is -3.02. The Hall–Kier alpha value is -3.17. The molecule has 3 N–H and O–H groups in total. The number of rotatable bonds is 9. The molecule has 38 heavy (non-hydrogen) atoms. The Morgan fingerprint density at radius 2 is 1.39 bits per heavy atom. The minimum atomic E-state index is -4.87. The van der Waals surface area contributed by atoms with Gasteiger partial charge in [-0.3, -0.25) is 10.1 Å². The summed E-state index contributed by atoms with van der Waals surface area (Å²) in [5, 5.41) is 23.2. The zero-order chi connectivity index (χ0) is 28.5. The number of alkyl halides is 7. The van der Waals surface area contributed by atoms with Gasteiger partial charge in [0.1, 0.15) is 17.2 Å². The number of aliphatic hydroxyl groups excluding tert-OH is 1. The molecule has 12 heteroatoms. The number of benzene rings is 2. The fourth-order valence-electron chi connectivity index (χ4n) is 3.92. The van der Waals surface area contributed by atoms with E-state index in [-0.39, 0.29) is 11.1 Å². The Bertz CT molecular complexity index is 1160. The lowest BCUT2D eigenvalue weighted by molar-refractivity contribution is -0.206. The molecule has 2 aromatic carbocycles. The molecule has 206 valence electrons. The molecule has 5 nitrogen and oxygen atoms in total. The third kappa shape index (κ3) is 7.45. The van der Waals surface area contributed by atoms with E-state index in [2.05, 4.69) is 10.6 Å². The average molecular weight is 545 g/mol. The fraction of sp³-hybridized carbons (Fsp3) is 0.462. The van der Waals surface area contributed by atoms with Crippen molar-refractivity contribution < 1.29 is 40.6 Å². The first-order valence-electron chi connectivity index (χ1n) is 11.6. The van der Waals surface area contributed by atoms with Crippen LogP contribution in [0.4, 0.5) is 30.7 Å². The van der Waals surface area contributed by atoms with Gasteiger partial charge < -0.3 is 10.4 Å². The average Bonchev–Trinajstić information content (AvgIpc) is 3.59. The Morgan fingerprint density at radius 3 is 1.76 bits per heavy atom. The van der Waals surface area contributed by atoms with Gasteiger partial charge in [0.25, 0.3) is 0 Å². The number of hydrogen-bond acceptors (Lipinski definition) is 4. The van der Waals surface area contributed by atoms with E-state index in [0.717, 1.165) is 38.1 Å². The number of nitrogens with zero attached hydrogens (tertiary/aromatic N) is 1. The van der Waals surface area contributed by atoms with E-state index >= 15 is 0 Å². The van der Waals surface area contributed by atoms with E-state index in [9.17, 15) is 45.9 Å². The molecule has 1 aliphatic rings. The molecule has 0 radical (unpaired) electrons. The standard InChI is InChI=1S/C26H26F7N3O2/c1-23(2,27)13-19(22(38)36-24(14-34)11-12-24)35-20(25(28,29)30)17-7-3-15(4-8-17)16-5-9-18(10-6-16)21(37)26(31,32)33/h3-10,19-21,35,37H,11-13H2,1-2H3,(H,36,38)/t19-,20-,21+/m0/s1. The maximum atomic E-state index is 14.4. The number of nitriles is 1. The van der Waals surface area contributed by atoms with Crippen LogP contribution in [0, 0.1) is 11.3 Å². The smallest absolute Gasteiger partial charge is 0.379 e. The molecule has 0 unspecified atom stereocenters. The van der Waals surface area contributed by atoms with E-state index in [1.807, 2.05) is 6.07 Å². The van der Waals surface area contributed by atoms with Gasteiger partial charge in [0, 0.05) is 6.42 Å². The maximum absolute atomic E-state index is 14.4. The molecule has 0 aromatic heterocycles. The fourth-order valence-corrected chi connectivity index (χ4v) is 3.92. The largest absolute Gasteiger partial charge is 0.418 e. The van der Waals surface area contributed by atoms with Crippen molar-refractivity contribution in [3.63, 3.8) is 0 Å². The van der Waals surface area contributed by atoms with Crippen LogP contribution in [-0.4, -0.2) is 40.6 Å². The molecule has 1 fully saturated rings. The summed E-state index contributed by atoms with van der Waals surface area (Å²) in [6.45, 7) is 2.25. The van der Waals surface area contributed by atoms with Gasteiger partial charge in [0.15, 0.2) is 6.10 Å². The molecule has 1 aliphatic carbocycles. The van der Waals surface area contributed by atoms with Gasteiger partial charge in [-0.05, 0) is 48.9 Å². The van der Waals surface area contributed by atoms with E-state index in [1.165, 1.54) is 24.3 Å². The van der Waals surface area contributed by atoms with Gasteiger partial charge in [-0.2, -0.15) is 31.6 Å². The van der Waals surface area contributed by atoms with Crippen LogP contribution < -0.4 is 10.6 Å². The van der Waals surface area contributed by atoms with E-state index in [0.29, 0.717) is 24.0 Å². The second-order valence-electron chi connectivity index (χ2n) is 9.99. The highest BCUT2D eigenvalue weighted by Gasteiger charge is 2.48. The zero-order valence-corrected chi connectivity index (χ0v) is 20.4. The van der Waals surface area contributed by atoms with Gasteiger partial charge in [-0.1, -0.05) is 48.5 Å². The Kier molecular flexibility index (Phi) is 8.15. The van der Waals surface area contributed by atoms with Crippen molar-refractivity contribution in [2.24, 2.45) is 0 Å². The van der Waals surface area contributed by atoms with Crippen LogP contribution in [0.15, 0.2) is 48.5 Å². The van der Waals surface area contributed by atoms with Gasteiger partial charge in [-0.15, -0.1) is 0 Å². The van der Waals surface area contributed by atoms with Crippen molar-refractivity contribution in [3.8, 4) is 17.2 Å². The first kappa shape index (κ1) is 29.4. The van der Waals surface area contributed by atoms with Crippen LogP contribution in [0.3, 0.4) is 0 Å². The summed E-state index contributed by atoms with van der Waals surface area (Å²) in [6, 6.07) is 7.63. The molecule has 1 saturated carbocycles. The maximum Gasteiger partial charge on any atom is 0.418 e. The highest BCUT2D eigenvalue weighted by atomic mass is 19.4. The van der Waals surface area contributed by atoms with Crippen LogP contribution in [0.25, 0.3) is 11.1 Å². The highest BCUT2D eigenvalue weighted by molar-refractivity contribution is 5.83. The molecule has 0 aliphatic heterocycles. The lowest BCUT2D eigenvalue weighted by atomic mass is 9.96. The molecule has 2 aromatic rings. The van der Waals surface area contributed by atoms with Crippen LogP contribution in [0.5, 0.6) is 0 Å². The number of carbonyl (C=O) groups is 1. The summed E-state index contributed by atoms with van der Waals surface area (Å²) in [5.74, 6) is -0.915. The summed E-state index contributed by atoms with van der Waals surface area (Å²) in [7, 11) is 0. The molecule has 0 heterocycles. The minimum absolute atomic E-state index is 0.277. The number of carbonyl (C=O) groups excluding carboxylic acids is 1. The van der Waals surface area contributed by atoms with E-state index < -0.39 is 54.1 Å². The molecule has 3 rings (SSSR count). The number of halogens is 7. The number of nitrogens with one attached hydrogen (secondary N) is 2. The van der Waals surface area contributed by atoms with Crippen LogP contribution in [-0.2, 0) is 4.79 Å². The Morgan fingerprint density at radius 1 is 0.921 bits per heavy atom. The summed E-state index contributed by atoms with van der Waals surface area (Å²) < 4.78 is 94.7. The molecule has 0 saturated heterocycles. The van der Waals surface area contributed by atoms with Crippen molar-refractivity contribution >= 4 is 5.91 Å².